The van der Waals surface area contributed by atoms with Crippen molar-refractivity contribution in [2.75, 3.05) is 0 Å². The van der Waals surface area contributed by atoms with E-state index in [1.165, 1.54) is 0 Å². The number of rotatable bonds is 3. The van der Waals surface area contributed by atoms with E-state index in [4.69, 9.17) is 12.6 Å². The quantitative estimate of drug-likeness (QED) is 0.266. The Morgan fingerprint density at radius 1 is 0.677 bits per heavy atom. The summed E-state index contributed by atoms with van der Waals surface area (Å²) in [5, 5.41) is 2.99. The van der Waals surface area contributed by atoms with Gasteiger partial charge in [-0.1, -0.05) is 91.6 Å². The van der Waals surface area contributed by atoms with Gasteiger partial charge in [0.15, 0.2) is 0 Å². The molecule has 0 aliphatic carbocycles. The van der Waals surface area contributed by atoms with Gasteiger partial charge in [0, 0.05) is 24.6 Å². The molecule has 31 heavy (non-hydrogen) atoms. The van der Waals surface area contributed by atoms with Gasteiger partial charge in [0.1, 0.15) is 11.2 Å². The van der Waals surface area contributed by atoms with Crippen molar-refractivity contribution >= 4 is 35.2 Å². The topological polar surface area (TPSA) is 13.1 Å². The highest BCUT2D eigenvalue weighted by molar-refractivity contribution is 6.88. The zero-order valence-corrected chi connectivity index (χ0v) is 18.9. The average Bonchev–Trinajstić information content (AvgIpc) is 3.20. The summed E-state index contributed by atoms with van der Waals surface area (Å²) >= 11 is 0. The maximum Gasteiger partial charge on any atom is 0.143 e. The van der Waals surface area contributed by atoms with Crippen LogP contribution in [0.3, 0.4) is 0 Å². The lowest BCUT2D eigenvalue weighted by Crippen LogP contribution is -2.37. The van der Waals surface area contributed by atoms with Crippen molar-refractivity contribution in [3.63, 3.8) is 0 Å². The summed E-state index contributed by atoms with van der Waals surface area (Å²) < 4.78 is 55.6. The lowest BCUT2D eigenvalue weighted by Gasteiger charge is -2.19. The van der Waals surface area contributed by atoms with E-state index >= 15 is 0 Å². The second kappa shape index (κ2) is 7.25. The number of aryl methyl sites for hydroxylation is 2. The van der Waals surface area contributed by atoms with Crippen molar-refractivity contribution in [2.45, 2.75) is 33.3 Å². The Hall–Kier alpha value is -3.10. The van der Waals surface area contributed by atoms with E-state index in [0.717, 1.165) is 32.7 Å². The molecule has 0 bridgehead atoms. The highest BCUT2D eigenvalue weighted by Crippen LogP contribution is 2.38. The van der Waals surface area contributed by atoms with Gasteiger partial charge in [0.2, 0.25) is 0 Å². The van der Waals surface area contributed by atoms with Crippen LogP contribution < -0.4 is 5.19 Å². The molecule has 4 aromatic carbocycles. The second-order valence-electron chi connectivity index (χ2n) is 9.05. The van der Waals surface area contributed by atoms with Gasteiger partial charge in [-0.05, 0) is 53.7 Å². The van der Waals surface area contributed by atoms with Crippen molar-refractivity contribution in [1.29, 1.82) is 0 Å². The first kappa shape index (κ1) is 14.1. The Kier molecular flexibility index (Phi) is 3.28. The minimum Gasteiger partial charge on any atom is -0.455 e. The minimum atomic E-state index is -2.41. The van der Waals surface area contributed by atoms with Crippen molar-refractivity contribution in [1.82, 2.24) is 0 Å². The lowest BCUT2D eigenvalue weighted by molar-refractivity contribution is 0.670. The monoisotopic (exact) mass is 426 g/mol. The zero-order chi connectivity index (χ0) is 26.8. The third kappa shape index (κ3) is 3.41. The molecule has 0 unspecified atom stereocenters. The molecule has 0 atom stereocenters. The molecule has 5 aromatic rings. The highest BCUT2D eigenvalue weighted by Gasteiger charge is 2.18. The van der Waals surface area contributed by atoms with Gasteiger partial charge < -0.3 is 4.42 Å². The number of benzene rings is 4. The maximum atomic E-state index is 8.27. The summed E-state index contributed by atoms with van der Waals surface area (Å²) in [6.45, 7) is 1.67. The molecule has 0 saturated heterocycles. The smallest absolute Gasteiger partial charge is 0.143 e. The number of furan rings is 1. The molecule has 1 heterocycles. The fraction of sp³-hybridized carbons (Fsp3) is 0.172. The second-order valence-corrected chi connectivity index (χ2v) is 14.1. The van der Waals surface area contributed by atoms with Gasteiger partial charge in [-0.25, -0.2) is 0 Å². The van der Waals surface area contributed by atoms with Crippen molar-refractivity contribution in [2.24, 2.45) is 0 Å². The van der Waals surface area contributed by atoms with Gasteiger partial charge in [-0.3, -0.25) is 0 Å². The molecule has 1 nitrogen and oxygen atoms in total. The van der Waals surface area contributed by atoms with Gasteiger partial charge in [0.05, 0.1) is 8.07 Å². The van der Waals surface area contributed by atoms with Crippen LogP contribution in [0.15, 0.2) is 83.3 Å². The molecule has 1 aromatic heterocycles. The van der Waals surface area contributed by atoms with Gasteiger partial charge in [-0.2, -0.15) is 0 Å². The van der Waals surface area contributed by atoms with Crippen LogP contribution in [-0.4, -0.2) is 8.07 Å². The summed E-state index contributed by atoms with van der Waals surface area (Å²) in [4.78, 5) is 0. The fourth-order valence-electron chi connectivity index (χ4n) is 4.15. The van der Waals surface area contributed by atoms with E-state index in [0.29, 0.717) is 16.7 Å². The van der Waals surface area contributed by atoms with Crippen molar-refractivity contribution < 1.29 is 12.6 Å². The van der Waals surface area contributed by atoms with Gasteiger partial charge in [-0.15, -0.1) is 0 Å². The Labute approximate surface area is 193 Å². The van der Waals surface area contributed by atoms with Crippen LogP contribution in [0.25, 0.3) is 44.2 Å². The first-order valence-corrected chi connectivity index (χ1v) is 14.0. The molecule has 0 amide bonds. The predicted molar refractivity (Wildman–Crippen MR) is 137 cm³/mol. The molecule has 0 N–H and O–H groups in total. The van der Waals surface area contributed by atoms with E-state index < -0.39 is 21.8 Å². The van der Waals surface area contributed by atoms with Crippen LogP contribution in [0.4, 0.5) is 0 Å². The third-order valence-electron chi connectivity index (χ3n) is 5.91. The maximum absolute atomic E-state index is 8.27. The Balaban J connectivity index is 1.80. The van der Waals surface area contributed by atoms with Crippen LogP contribution in [-0.2, 0) is 0 Å². The summed E-state index contributed by atoms with van der Waals surface area (Å²) in [5.41, 5.74) is 4.19. The van der Waals surface area contributed by atoms with Crippen molar-refractivity contribution in [3.8, 4) is 22.3 Å². The minimum absolute atomic E-state index is 0.124. The molecule has 2 heteroatoms. The predicted octanol–water partition coefficient (Wildman–Crippen LogP) is 8.08. The van der Waals surface area contributed by atoms with E-state index in [2.05, 4.69) is 19.6 Å². The largest absolute Gasteiger partial charge is 0.455 e. The van der Waals surface area contributed by atoms with Crippen LogP contribution in [0.1, 0.15) is 19.4 Å². The lowest BCUT2D eigenvalue weighted by atomic mass is 9.92. The third-order valence-corrected chi connectivity index (χ3v) is 7.95. The van der Waals surface area contributed by atoms with Crippen LogP contribution in [0.5, 0.6) is 0 Å². The fourth-order valence-corrected chi connectivity index (χ4v) is 5.32. The van der Waals surface area contributed by atoms with Crippen molar-refractivity contribution in [3.05, 3.63) is 90.0 Å². The van der Waals surface area contributed by atoms with Crippen LogP contribution in [0.2, 0.25) is 19.6 Å². The summed E-state index contributed by atoms with van der Waals surface area (Å²) in [7, 11) is -1.80. The van der Waals surface area contributed by atoms with E-state index in [1.807, 2.05) is 48.5 Å². The summed E-state index contributed by atoms with van der Waals surface area (Å²) in [5.74, 6) is 0. The van der Waals surface area contributed by atoms with Gasteiger partial charge in [0.25, 0.3) is 0 Å². The van der Waals surface area contributed by atoms with E-state index in [-0.39, 0.29) is 11.1 Å². The van der Waals surface area contributed by atoms with Gasteiger partial charge >= 0.3 is 0 Å². The molecular weight excluding hydrogens is 392 g/mol. The first-order chi connectivity index (χ1) is 17.2. The Morgan fingerprint density at radius 3 is 2.29 bits per heavy atom. The van der Waals surface area contributed by atoms with E-state index in [1.54, 1.807) is 30.3 Å². The Morgan fingerprint density at radius 2 is 1.48 bits per heavy atom. The molecular formula is C29H28OSi. The molecule has 5 rings (SSSR count). The van der Waals surface area contributed by atoms with Crippen LogP contribution in [0, 0.1) is 13.7 Å². The zero-order valence-electron chi connectivity index (χ0n) is 23.9. The summed E-state index contributed by atoms with van der Waals surface area (Å²) in [6, 6.07) is 24.4. The molecule has 0 fully saturated rings. The van der Waals surface area contributed by atoms with Crippen LogP contribution >= 0.6 is 0 Å². The number of hydrogen-bond acceptors (Lipinski definition) is 1. The highest BCUT2D eigenvalue weighted by atomic mass is 28.3. The molecule has 0 aliphatic heterocycles. The molecule has 0 saturated carbocycles. The molecule has 0 aliphatic rings. The SMILES string of the molecule is [2H]C([2H])([2H])c1ccc(-c2cccc3c2oc2ccccc23)cc1-c1ccc([Si](C)(C)C)cc1C([2H])([2H])[2H]. The summed E-state index contributed by atoms with van der Waals surface area (Å²) in [6.07, 6.45) is 0. The average molecular weight is 427 g/mol. The first-order valence-electron chi connectivity index (χ1n) is 13.5. The molecule has 0 spiro atoms. The molecule has 0 radical (unpaired) electrons. The molecule has 154 valence electrons. The number of fused-ring (bicyclic) bond motifs is 3. The van der Waals surface area contributed by atoms with E-state index in [9.17, 15) is 0 Å². The normalized spacial score (nSPS) is 15.7. The Bertz CT molecular complexity index is 1640. The number of hydrogen-bond donors (Lipinski definition) is 0. The number of para-hydroxylation sites is 2. The standard InChI is InChI=1S/C29H28OSi/c1-19-13-14-21(18-27(19)23-16-15-22(17-20(23)2)31(3,4)5)24-10-8-11-26-25-9-6-7-12-28(25)30-29(24)26/h6-18H,1-5H3/i1D3,2D3.